The Morgan fingerprint density at radius 2 is 1.90 bits per heavy atom. The molecule has 0 bridgehead atoms. The zero-order valence-corrected chi connectivity index (χ0v) is 17.0. The van der Waals surface area contributed by atoms with E-state index in [0.717, 1.165) is 12.1 Å². The highest BCUT2D eigenvalue weighted by Gasteiger charge is 2.19. The monoisotopic (exact) mass is 407 g/mol. The predicted molar refractivity (Wildman–Crippen MR) is 115 cm³/mol. The Kier molecular flexibility index (Phi) is 5.40. The van der Waals surface area contributed by atoms with Crippen molar-refractivity contribution in [2.75, 3.05) is 16.4 Å². The first-order valence-corrected chi connectivity index (χ1v) is 10.4. The van der Waals surface area contributed by atoms with E-state index in [9.17, 15) is 9.59 Å². The Hall–Kier alpha value is -3.06. The molecule has 148 valence electrons. The highest BCUT2D eigenvalue weighted by Crippen LogP contribution is 2.37. The molecule has 2 aromatic carbocycles. The Morgan fingerprint density at radius 3 is 2.69 bits per heavy atom. The van der Waals surface area contributed by atoms with E-state index in [-0.39, 0.29) is 17.6 Å². The van der Waals surface area contributed by atoms with E-state index in [1.165, 1.54) is 34.0 Å². The highest BCUT2D eigenvalue weighted by atomic mass is 32.2. The Balaban J connectivity index is 1.32. The van der Waals surface area contributed by atoms with Crippen LogP contribution < -0.4 is 10.6 Å². The number of anilines is 2. The number of nitrogens with one attached hydrogen (secondary N) is 2. The maximum absolute atomic E-state index is 12.4. The third-order valence-electron chi connectivity index (χ3n) is 4.79. The number of carbonyl (C=O) groups excluding carboxylic acids is 2. The van der Waals surface area contributed by atoms with Gasteiger partial charge in [-0.3, -0.25) is 9.59 Å². The summed E-state index contributed by atoms with van der Waals surface area (Å²) in [6.45, 7) is 3.51. The molecule has 0 saturated heterocycles. The molecule has 1 aliphatic rings. The standard InChI is InChI=1S/C22H21N3O3S/c1-13-9-20(25-28-13)24-22(27)14(2)29-12-21(26)23-17-8-7-16-10-15-5-3-4-6-18(15)19(16)11-17/h3-9,11,14H,10,12H2,1-2H3,(H,23,26)(H,24,25,27)/t14-/m1/s1. The maximum atomic E-state index is 12.4. The molecule has 7 heteroatoms. The molecule has 1 heterocycles. The second-order valence-corrected chi connectivity index (χ2v) is 8.35. The second kappa shape index (κ2) is 8.13. The van der Waals surface area contributed by atoms with Crippen LogP contribution in [-0.4, -0.2) is 28.0 Å². The zero-order chi connectivity index (χ0) is 20.4. The van der Waals surface area contributed by atoms with E-state index in [1.54, 1.807) is 19.9 Å². The van der Waals surface area contributed by atoms with Gasteiger partial charge >= 0.3 is 0 Å². The molecular weight excluding hydrogens is 386 g/mol. The van der Waals surface area contributed by atoms with Crippen molar-refractivity contribution >= 4 is 35.1 Å². The summed E-state index contributed by atoms with van der Waals surface area (Å²) in [6, 6.07) is 16.0. The third-order valence-corrected chi connectivity index (χ3v) is 5.94. The fourth-order valence-corrected chi connectivity index (χ4v) is 4.01. The zero-order valence-electron chi connectivity index (χ0n) is 16.2. The molecule has 0 saturated carbocycles. The molecule has 2 N–H and O–H groups in total. The number of rotatable bonds is 6. The molecule has 0 spiro atoms. The van der Waals surface area contributed by atoms with Crippen LogP contribution in [-0.2, 0) is 16.0 Å². The molecular formula is C22H21N3O3S. The molecule has 1 atom stereocenters. The number of aryl methyl sites for hydroxylation is 1. The molecule has 29 heavy (non-hydrogen) atoms. The van der Waals surface area contributed by atoms with Gasteiger partial charge in [-0.25, -0.2) is 0 Å². The lowest BCUT2D eigenvalue weighted by atomic mass is 10.1. The van der Waals surface area contributed by atoms with Gasteiger partial charge in [-0.1, -0.05) is 35.5 Å². The van der Waals surface area contributed by atoms with E-state index in [1.807, 2.05) is 24.3 Å². The van der Waals surface area contributed by atoms with Gasteiger partial charge in [0.1, 0.15) is 5.76 Å². The first-order valence-electron chi connectivity index (χ1n) is 9.36. The summed E-state index contributed by atoms with van der Waals surface area (Å²) in [7, 11) is 0. The van der Waals surface area contributed by atoms with Gasteiger partial charge in [0.15, 0.2) is 5.82 Å². The van der Waals surface area contributed by atoms with Gasteiger partial charge in [0, 0.05) is 11.8 Å². The van der Waals surface area contributed by atoms with Crippen LogP contribution in [0.15, 0.2) is 53.1 Å². The summed E-state index contributed by atoms with van der Waals surface area (Å²) in [5.74, 6) is 0.822. The molecule has 3 aromatic rings. The minimum atomic E-state index is -0.398. The molecule has 6 nitrogen and oxygen atoms in total. The van der Waals surface area contributed by atoms with Crippen LogP contribution in [0, 0.1) is 6.92 Å². The van der Waals surface area contributed by atoms with Crippen LogP contribution >= 0.6 is 11.8 Å². The van der Waals surface area contributed by atoms with Crippen LogP contribution in [0.1, 0.15) is 23.8 Å². The van der Waals surface area contributed by atoms with Gasteiger partial charge in [-0.2, -0.15) is 0 Å². The molecule has 2 amide bonds. The van der Waals surface area contributed by atoms with Gasteiger partial charge in [0.2, 0.25) is 11.8 Å². The van der Waals surface area contributed by atoms with Gasteiger partial charge in [0.25, 0.3) is 0 Å². The summed E-state index contributed by atoms with van der Waals surface area (Å²) >= 11 is 1.27. The van der Waals surface area contributed by atoms with Crippen molar-refractivity contribution in [1.82, 2.24) is 5.16 Å². The van der Waals surface area contributed by atoms with Crippen molar-refractivity contribution in [1.29, 1.82) is 0 Å². The normalized spacial score (nSPS) is 12.8. The molecule has 4 rings (SSSR count). The van der Waals surface area contributed by atoms with Crippen LogP contribution in [0.3, 0.4) is 0 Å². The Labute approximate surface area is 173 Å². The van der Waals surface area contributed by atoms with Crippen LogP contribution in [0.4, 0.5) is 11.5 Å². The third kappa shape index (κ3) is 4.35. The van der Waals surface area contributed by atoms with Gasteiger partial charge in [0.05, 0.1) is 11.0 Å². The number of carbonyl (C=O) groups is 2. The Morgan fingerprint density at radius 1 is 1.10 bits per heavy atom. The van der Waals surface area contributed by atoms with Crippen LogP contribution in [0.25, 0.3) is 11.1 Å². The number of benzene rings is 2. The summed E-state index contributed by atoms with van der Waals surface area (Å²) in [6.07, 6.45) is 0.924. The average molecular weight is 407 g/mol. The molecule has 1 aliphatic carbocycles. The number of nitrogens with zero attached hydrogens (tertiary/aromatic N) is 1. The minimum Gasteiger partial charge on any atom is -0.360 e. The lowest BCUT2D eigenvalue weighted by Crippen LogP contribution is -2.25. The average Bonchev–Trinajstić information content (AvgIpc) is 3.28. The molecule has 1 aromatic heterocycles. The van der Waals surface area contributed by atoms with Gasteiger partial charge < -0.3 is 15.2 Å². The fourth-order valence-electron chi connectivity index (χ4n) is 3.33. The van der Waals surface area contributed by atoms with Gasteiger partial charge in [-0.05, 0) is 54.7 Å². The topological polar surface area (TPSA) is 84.2 Å². The van der Waals surface area contributed by atoms with Crippen molar-refractivity contribution < 1.29 is 14.1 Å². The number of aromatic nitrogens is 1. The van der Waals surface area contributed by atoms with E-state index in [2.05, 4.69) is 34.0 Å². The number of hydrogen-bond acceptors (Lipinski definition) is 5. The van der Waals surface area contributed by atoms with E-state index < -0.39 is 5.25 Å². The first-order chi connectivity index (χ1) is 14.0. The lowest BCUT2D eigenvalue weighted by Gasteiger charge is -2.11. The Bertz CT molecular complexity index is 1080. The SMILES string of the molecule is Cc1cc(NC(=O)[C@@H](C)SCC(=O)Nc2ccc3c(c2)-c2ccccc2C3)no1. The predicted octanol–water partition coefficient (Wildman–Crippen LogP) is 4.25. The first kappa shape index (κ1) is 19.3. The molecule has 0 unspecified atom stereocenters. The highest BCUT2D eigenvalue weighted by molar-refractivity contribution is 8.01. The van der Waals surface area contributed by atoms with E-state index >= 15 is 0 Å². The smallest absolute Gasteiger partial charge is 0.238 e. The van der Waals surface area contributed by atoms with Crippen molar-refractivity contribution in [2.24, 2.45) is 0 Å². The summed E-state index contributed by atoms with van der Waals surface area (Å²) < 4.78 is 4.93. The fraction of sp³-hybridized carbons (Fsp3) is 0.227. The van der Waals surface area contributed by atoms with Crippen LogP contribution in [0.2, 0.25) is 0 Å². The van der Waals surface area contributed by atoms with Crippen molar-refractivity contribution in [3.63, 3.8) is 0 Å². The number of fused-ring (bicyclic) bond motifs is 3. The van der Waals surface area contributed by atoms with Crippen molar-refractivity contribution in [3.05, 3.63) is 65.4 Å². The number of thioether (sulfide) groups is 1. The largest absolute Gasteiger partial charge is 0.360 e. The molecule has 0 fully saturated rings. The molecule has 0 aliphatic heterocycles. The van der Waals surface area contributed by atoms with Crippen LogP contribution in [0.5, 0.6) is 0 Å². The van der Waals surface area contributed by atoms with Crippen molar-refractivity contribution in [2.45, 2.75) is 25.5 Å². The van der Waals surface area contributed by atoms with E-state index in [4.69, 9.17) is 4.52 Å². The summed E-state index contributed by atoms with van der Waals surface area (Å²) in [5.41, 5.74) is 5.74. The van der Waals surface area contributed by atoms with E-state index in [0.29, 0.717) is 11.6 Å². The summed E-state index contributed by atoms with van der Waals surface area (Å²) in [4.78, 5) is 24.5. The lowest BCUT2D eigenvalue weighted by molar-refractivity contribution is -0.115. The van der Waals surface area contributed by atoms with Crippen molar-refractivity contribution in [3.8, 4) is 11.1 Å². The number of amides is 2. The maximum Gasteiger partial charge on any atom is 0.238 e. The number of hydrogen-bond donors (Lipinski definition) is 2. The van der Waals surface area contributed by atoms with Gasteiger partial charge in [-0.15, -0.1) is 11.8 Å². The second-order valence-electron chi connectivity index (χ2n) is 7.02. The molecule has 0 radical (unpaired) electrons. The minimum absolute atomic E-state index is 0.141. The summed E-state index contributed by atoms with van der Waals surface area (Å²) in [5, 5.41) is 8.95. The quantitative estimate of drug-likeness (QED) is 0.499.